The fourth-order valence-electron chi connectivity index (χ4n) is 3.65. The zero-order chi connectivity index (χ0) is 23.5. The van der Waals surface area contributed by atoms with Gasteiger partial charge in [-0.2, -0.15) is 0 Å². The highest BCUT2D eigenvalue weighted by Crippen LogP contribution is 2.20. The lowest BCUT2D eigenvalue weighted by Gasteiger charge is -2.28. The number of aliphatic imine (C=N–C) groups is 1. The van der Waals surface area contributed by atoms with Crippen molar-refractivity contribution in [3.05, 3.63) is 35.9 Å². The summed E-state index contributed by atoms with van der Waals surface area (Å²) in [6.45, 7) is 0.728. The minimum absolute atomic E-state index is 0.0547. The Labute approximate surface area is 192 Å². The van der Waals surface area contributed by atoms with E-state index in [-0.39, 0.29) is 24.4 Å². The number of guanidine groups is 1. The van der Waals surface area contributed by atoms with Gasteiger partial charge in [0.2, 0.25) is 11.8 Å². The molecule has 11 heteroatoms. The van der Waals surface area contributed by atoms with Crippen molar-refractivity contribution in [1.29, 1.82) is 0 Å². The SMILES string of the molecule is NC(N)=NCCC[C@H](NC(=O)[C@H]1CCCN1C(=O)[C@@H](N)Cc1ccccc1)C(=O)OCCl. The molecule has 176 valence electrons. The smallest absolute Gasteiger partial charge is 0.329 e. The molecule has 7 N–H and O–H groups in total. The first-order chi connectivity index (χ1) is 15.3. The molecule has 0 bridgehead atoms. The maximum atomic E-state index is 12.9. The van der Waals surface area contributed by atoms with Crippen molar-refractivity contribution < 1.29 is 19.1 Å². The van der Waals surface area contributed by atoms with Gasteiger partial charge >= 0.3 is 5.97 Å². The third kappa shape index (κ3) is 7.69. The molecule has 1 aliphatic rings. The predicted molar refractivity (Wildman–Crippen MR) is 122 cm³/mol. The number of ether oxygens (including phenoxy) is 1. The Morgan fingerprint density at radius 1 is 1.25 bits per heavy atom. The summed E-state index contributed by atoms with van der Waals surface area (Å²) < 4.78 is 4.85. The van der Waals surface area contributed by atoms with Crippen LogP contribution in [-0.4, -0.2) is 65.9 Å². The van der Waals surface area contributed by atoms with E-state index in [2.05, 4.69) is 10.3 Å². The number of likely N-dealkylation sites (tertiary alicyclic amines) is 1. The number of esters is 1. The summed E-state index contributed by atoms with van der Waals surface area (Å²) in [6, 6.07) is 6.73. The maximum absolute atomic E-state index is 12.9. The first kappa shape index (κ1) is 25.4. The van der Waals surface area contributed by atoms with Gasteiger partial charge in [0.15, 0.2) is 12.0 Å². The van der Waals surface area contributed by atoms with E-state index in [0.29, 0.717) is 38.8 Å². The van der Waals surface area contributed by atoms with Gasteiger partial charge in [-0.15, -0.1) is 0 Å². The van der Waals surface area contributed by atoms with Crippen molar-refractivity contribution >= 4 is 35.3 Å². The largest absolute Gasteiger partial charge is 0.448 e. The molecule has 10 nitrogen and oxygen atoms in total. The van der Waals surface area contributed by atoms with E-state index in [4.69, 9.17) is 33.5 Å². The Morgan fingerprint density at radius 3 is 2.62 bits per heavy atom. The van der Waals surface area contributed by atoms with Crippen LogP contribution >= 0.6 is 11.6 Å². The van der Waals surface area contributed by atoms with Crippen LogP contribution in [0, 0.1) is 0 Å². The first-order valence-corrected chi connectivity index (χ1v) is 11.0. The molecule has 1 saturated heterocycles. The lowest BCUT2D eigenvalue weighted by molar-refractivity contribution is -0.147. The Kier molecular flexibility index (Phi) is 10.2. The first-order valence-electron chi connectivity index (χ1n) is 10.5. The van der Waals surface area contributed by atoms with E-state index in [1.54, 1.807) is 0 Å². The lowest BCUT2D eigenvalue weighted by atomic mass is 10.0. The van der Waals surface area contributed by atoms with Crippen LogP contribution in [0.4, 0.5) is 0 Å². The van der Waals surface area contributed by atoms with Crippen LogP contribution in [0.2, 0.25) is 0 Å². The minimum Gasteiger partial charge on any atom is -0.448 e. The molecule has 1 aromatic carbocycles. The van der Waals surface area contributed by atoms with Crippen molar-refractivity contribution in [3.8, 4) is 0 Å². The minimum atomic E-state index is -0.925. The number of hydrogen-bond acceptors (Lipinski definition) is 6. The van der Waals surface area contributed by atoms with Crippen LogP contribution in [-0.2, 0) is 25.5 Å². The third-order valence-electron chi connectivity index (χ3n) is 5.20. The third-order valence-corrected chi connectivity index (χ3v) is 5.31. The number of benzene rings is 1. The van der Waals surface area contributed by atoms with Crippen molar-refractivity contribution in [2.45, 2.75) is 50.2 Å². The van der Waals surface area contributed by atoms with Crippen LogP contribution in [0.5, 0.6) is 0 Å². The molecule has 1 heterocycles. The van der Waals surface area contributed by atoms with Gasteiger partial charge in [0.05, 0.1) is 6.04 Å². The van der Waals surface area contributed by atoms with Gasteiger partial charge in [-0.25, -0.2) is 4.79 Å². The molecule has 0 radical (unpaired) electrons. The average Bonchev–Trinajstić information content (AvgIpc) is 3.26. The Balaban J connectivity index is 2.00. The molecule has 2 amide bonds. The molecule has 2 rings (SSSR count). The van der Waals surface area contributed by atoms with Gasteiger partial charge in [0, 0.05) is 13.1 Å². The molecule has 32 heavy (non-hydrogen) atoms. The van der Waals surface area contributed by atoms with E-state index in [1.807, 2.05) is 30.3 Å². The molecule has 1 fully saturated rings. The fourth-order valence-corrected chi connectivity index (χ4v) is 3.75. The molecular weight excluding hydrogens is 436 g/mol. The Hall–Kier alpha value is -2.85. The van der Waals surface area contributed by atoms with Crippen LogP contribution in [0.3, 0.4) is 0 Å². The van der Waals surface area contributed by atoms with Gasteiger partial charge in [-0.05, 0) is 37.7 Å². The second-order valence-electron chi connectivity index (χ2n) is 7.57. The zero-order valence-corrected chi connectivity index (χ0v) is 18.7. The summed E-state index contributed by atoms with van der Waals surface area (Å²) in [5, 5.41) is 2.69. The Bertz CT molecular complexity index is 803. The topological polar surface area (TPSA) is 166 Å². The standard InChI is InChI=1S/C21H31ClN6O4/c22-13-32-20(31)16(8-4-10-26-21(24)25)27-18(29)17-9-5-11-28(17)19(30)15(23)12-14-6-2-1-3-7-14/h1-3,6-7,15-17H,4-5,8-13,23H2,(H,27,29)(H4,24,25,26)/t15-,16-,17+/m0/s1. The zero-order valence-electron chi connectivity index (χ0n) is 17.9. The highest BCUT2D eigenvalue weighted by molar-refractivity contribution is 6.17. The van der Waals surface area contributed by atoms with Gasteiger partial charge in [-0.1, -0.05) is 41.9 Å². The number of nitrogens with two attached hydrogens (primary N) is 3. The van der Waals surface area contributed by atoms with Crippen molar-refractivity contribution in [3.63, 3.8) is 0 Å². The summed E-state index contributed by atoms with van der Waals surface area (Å²) in [7, 11) is 0. The van der Waals surface area contributed by atoms with Gasteiger partial charge < -0.3 is 32.2 Å². The number of amides is 2. The summed E-state index contributed by atoms with van der Waals surface area (Å²) in [5.41, 5.74) is 17.7. The second-order valence-corrected chi connectivity index (χ2v) is 7.79. The normalized spacial score (nSPS) is 17.3. The molecule has 1 aromatic rings. The number of carbonyl (C=O) groups is 3. The molecule has 1 aliphatic heterocycles. The number of halogens is 1. The highest BCUT2D eigenvalue weighted by atomic mass is 35.5. The van der Waals surface area contributed by atoms with Gasteiger partial charge in [0.25, 0.3) is 0 Å². The molecule has 0 unspecified atom stereocenters. The van der Waals surface area contributed by atoms with Gasteiger partial charge in [-0.3, -0.25) is 14.6 Å². The highest BCUT2D eigenvalue weighted by Gasteiger charge is 2.37. The van der Waals surface area contributed by atoms with Crippen LogP contribution < -0.4 is 22.5 Å². The Morgan fingerprint density at radius 2 is 1.97 bits per heavy atom. The fraction of sp³-hybridized carbons (Fsp3) is 0.524. The summed E-state index contributed by atoms with van der Waals surface area (Å²) in [5.74, 6) is -1.43. The van der Waals surface area contributed by atoms with E-state index < -0.39 is 30.0 Å². The molecular formula is C21H31ClN6O4. The maximum Gasteiger partial charge on any atom is 0.329 e. The summed E-state index contributed by atoms with van der Waals surface area (Å²) in [4.78, 5) is 43.5. The number of nitrogens with one attached hydrogen (secondary N) is 1. The second kappa shape index (κ2) is 12.9. The van der Waals surface area contributed by atoms with E-state index in [0.717, 1.165) is 5.56 Å². The lowest BCUT2D eigenvalue weighted by Crippen LogP contribution is -2.54. The quantitative estimate of drug-likeness (QED) is 0.115. The molecule has 3 atom stereocenters. The van der Waals surface area contributed by atoms with Crippen molar-refractivity contribution in [2.24, 2.45) is 22.2 Å². The number of carbonyl (C=O) groups excluding carboxylic acids is 3. The van der Waals surface area contributed by atoms with E-state index in [9.17, 15) is 14.4 Å². The number of nitrogens with zero attached hydrogens (tertiary/aromatic N) is 2. The van der Waals surface area contributed by atoms with Crippen LogP contribution in [0.25, 0.3) is 0 Å². The van der Waals surface area contributed by atoms with Gasteiger partial charge in [0.1, 0.15) is 12.1 Å². The molecule has 0 saturated carbocycles. The molecule has 0 aromatic heterocycles. The monoisotopic (exact) mass is 466 g/mol. The molecule has 0 aliphatic carbocycles. The predicted octanol–water partition coefficient (Wildman–Crippen LogP) is -0.175. The number of alkyl halides is 1. The summed E-state index contributed by atoms with van der Waals surface area (Å²) >= 11 is 5.50. The van der Waals surface area contributed by atoms with Crippen molar-refractivity contribution in [2.75, 3.05) is 19.2 Å². The summed E-state index contributed by atoms with van der Waals surface area (Å²) in [6.07, 6.45) is 2.23. The number of rotatable bonds is 11. The molecule has 0 spiro atoms. The number of hydrogen-bond donors (Lipinski definition) is 4. The van der Waals surface area contributed by atoms with Crippen LogP contribution in [0.1, 0.15) is 31.2 Å². The average molecular weight is 467 g/mol. The van der Waals surface area contributed by atoms with E-state index in [1.165, 1.54) is 4.90 Å². The van der Waals surface area contributed by atoms with E-state index >= 15 is 0 Å². The van der Waals surface area contributed by atoms with Crippen molar-refractivity contribution in [1.82, 2.24) is 10.2 Å². The van der Waals surface area contributed by atoms with Crippen LogP contribution in [0.15, 0.2) is 35.3 Å².